The van der Waals surface area contributed by atoms with E-state index in [0.29, 0.717) is 5.92 Å². The van der Waals surface area contributed by atoms with E-state index in [1.165, 1.54) is 21.3 Å². The molecule has 1 aromatic heterocycles. The maximum Gasteiger partial charge on any atom is 0.187 e. The third-order valence-corrected chi connectivity index (χ3v) is 4.31. The minimum absolute atomic E-state index is 0.467. The van der Waals surface area contributed by atoms with Crippen molar-refractivity contribution < 1.29 is 0 Å². The van der Waals surface area contributed by atoms with Crippen molar-refractivity contribution in [2.75, 3.05) is 5.32 Å². The number of aryl methyl sites for hydroxylation is 1. The molecule has 0 atom stereocenters. The molecule has 102 valence electrons. The van der Waals surface area contributed by atoms with Crippen molar-refractivity contribution >= 4 is 32.9 Å². The molecule has 20 heavy (non-hydrogen) atoms. The molecule has 0 aliphatic carbocycles. The Morgan fingerprint density at radius 1 is 1.05 bits per heavy atom. The van der Waals surface area contributed by atoms with Crippen molar-refractivity contribution in [2.45, 2.75) is 26.7 Å². The van der Waals surface area contributed by atoms with Gasteiger partial charge in [-0.1, -0.05) is 50.2 Å². The van der Waals surface area contributed by atoms with Crippen LogP contribution >= 0.6 is 11.3 Å². The summed E-state index contributed by atoms with van der Waals surface area (Å²) in [5, 5.41) is 6.92. The van der Waals surface area contributed by atoms with E-state index in [-0.39, 0.29) is 0 Å². The Bertz CT molecular complexity index is 738. The number of nitrogens with one attached hydrogen (secondary N) is 1. The van der Waals surface area contributed by atoms with E-state index in [1.54, 1.807) is 11.3 Å². The smallest absolute Gasteiger partial charge is 0.187 e. The summed E-state index contributed by atoms with van der Waals surface area (Å²) in [6.07, 6.45) is 0. The van der Waals surface area contributed by atoms with E-state index in [0.717, 1.165) is 10.8 Å². The number of thiazole rings is 1. The Balaban J connectivity index is 1.99. The maximum atomic E-state index is 4.72. The molecule has 2 nitrogen and oxygen atoms in total. The monoisotopic (exact) mass is 282 g/mol. The fourth-order valence-corrected chi connectivity index (χ4v) is 3.43. The van der Waals surface area contributed by atoms with Crippen LogP contribution in [0.1, 0.15) is 30.3 Å². The molecule has 0 bridgehead atoms. The van der Waals surface area contributed by atoms with Crippen molar-refractivity contribution in [1.82, 2.24) is 4.98 Å². The first-order valence-electron chi connectivity index (χ1n) is 6.87. The van der Waals surface area contributed by atoms with Crippen LogP contribution in [0.4, 0.5) is 10.8 Å². The van der Waals surface area contributed by atoms with Crippen molar-refractivity contribution in [2.24, 2.45) is 0 Å². The molecule has 0 saturated heterocycles. The predicted molar refractivity (Wildman–Crippen MR) is 88.2 cm³/mol. The van der Waals surface area contributed by atoms with Crippen LogP contribution in [0.25, 0.3) is 10.8 Å². The number of hydrogen-bond donors (Lipinski definition) is 1. The van der Waals surface area contributed by atoms with Crippen molar-refractivity contribution in [3.63, 3.8) is 0 Å². The lowest BCUT2D eigenvalue weighted by Crippen LogP contribution is -1.93. The predicted octanol–water partition coefficient (Wildman–Crippen LogP) is 5.47. The van der Waals surface area contributed by atoms with Gasteiger partial charge in [-0.3, -0.25) is 0 Å². The average Bonchev–Trinajstić information content (AvgIpc) is 2.80. The first kappa shape index (κ1) is 13.1. The molecule has 0 aliphatic heterocycles. The van der Waals surface area contributed by atoms with Crippen molar-refractivity contribution in [1.29, 1.82) is 0 Å². The zero-order valence-corrected chi connectivity index (χ0v) is 12.8. The summed E-state index contributed by atoms with van der Waals surface area (Å²) >= 11 is 1.72. The first-order valence-corrected chi connectivity index (χ1v) is 7.69. The second kappa shape index (κ2) is 5.25. The SMILES string of the molecule is Cc1sc(Nc2cccc3ccccc23)nc1C(C)C. The average molecular weight is 282 g/mol. The fourth-order valence-electron chi connectivity index (χ4n) is 2.45. The van der Waals surface area contributed by atoms with Gasteiger partial charge in [0.1, 0.15) is 0 Å². The van der Waals surface area contributed by atoms with E-state index in [2.05, 4.69) is 68.6 Å². The second-order valence-corrected chi connectivity index (χ2v) is 6.47. The van der Waals surface area contributed by atoms with Crippen LogP contribution in [0.2, 0.25) is 0 Å². The topological polar surface area (TPSA) is 24.9 Å². The number of nitrogens with zero attached hydrogens (tertiary/aromatic N) is 1. The second-order valence-electron chi connectivity index (χ2n) is 5.27. The van der Waals surface area contributed by atoms with Crippen molar-refractivity contribution in [3.05, 3.63) is 53.0 Å². The van der Waals surface area contributed by atoms with Crippen molar-refractivity contribution in [3.8, 4) is 0 Å². The molecule has 0 fully saturated rings. The Morgan fingerprint density at radius 3 is 2.55 bits per heavy atom. The number of anilines is 2. The summed E-state index contributed by atoms with van der Waals surface area (Å²) < 4.78 is 0. The first-order chi connectivity index (χ1) is 9.65. The molecular weight excluding hydrogens is 264 g/mol. The lowest BCUT2D eigenvalue weighted by atomic mass is 10.1. The van der Waals surface area contributed by atoms with Gasteiger partial charge in [-0.15, -0.1) is 11.3 Å². The summed E-state index contributed by atoms with van der Waals surface area (Å²) in [6, 6.07) is 14.7. The third kappa shape index (κ3) is 2.41. The van der Waals surface area contributed by atoms with E-state index < -0.39 is 0 Å². The lowest BCUT2D eigenvalue weighted by molar-refractivity contribution is 0.826. The van der Waals surface area contributed by atoms with Gasteiger partial charge in [0.05, 0.1) is 5.69 Å². The summed E-state index contributed by atoms with van der Waals surface area (Å²) in [5.74, 6) is 0.467. The summed E-state index contributed by atoms with van der Waals surface area (Å²) in [5.41, 5.74) is 2.31. The minimum atomic E-state index is 0.467. The van der Waals surface area contributed by atoms with Gasteiger partial charge >= 0.3 is 0 Å². The molecule has 3 rings (SSSR count). The van der Waals surface area contributed by atoms with Crippen LogP contribution in [0.15, 0.2) is 42.5 Å². The number of benzene rings is 2. The van der Waals surface area contributed by atoms with Gasteiger partial charge < -0.3 is 5.32 Å². The molecule has 1 N–H and O–H groups in total. The van der Waals surface area contributed by atoms with Crippen LogP contribution < -0.4 is 5.32 Å². The molecule has 0 aliphatic rings. The van der Waals surface area contributed by atoms with Gasteiger partial charge in [0.2, 0.25) is 0 Å². The minimum Gasteiger partial charge on any atom is -0.331 e. The van der Waals surface area contributed by atoms with Crippen LogP contribution in [-0.2, 0) is 0 Å². The molecule has 0 amide bonds. The highest BCUT2D eigenvalue weighted by atomic mass is 32.1. The van der Waals surface area contributed by atoms with Crippen LogP contribution in [-0.4, -0.2) is 4.98 Å². The highest BCUT2D eigenvalue weighted by Crippen LogP contribution is 2.32. The highest BCUT2D eigenvalue weighted by molar-refractivity contribution is 7.15. The van der Waals surface area contributed by atoms with Gasteiger partial charge in [-0.2, -0.15) is 0 Å². The molecule has 0 saturated carbocycles. The van der Waals surface area contributed by atoms with Gasteiger partial charge in [-0.25, -0.2) is 4.98 Å². The summed E-state index contributed by atoms with van der Waals surface area (Å²) in [7, 11) is 0. The quantitative estimate of drug-likeness (QED) is 0.688. The zero-order valence-electron chi connectivity index (χ0n) is 12.0. The molecular formula is C17H18N2S. The Labute approximate surface area is 123 Å². The van der Waals surface area contributed by atoms with E-state index >= 15 is 0 Å². The maximum absolute atomic E-state index is 4.72. The van der Waals surface area contributed by atoms with Crippen LogP contribution in [0, 0.1) is 6.92 Å². The van der Waals surface area contributed by atoms with E-state index in [9.17, 15) is 0 Å². The lowest BCUT2D eigenvalue weighted by Gasteiger charge is -2.07. The van der Waals surface area contributed by atoms with Crippen LogP contribution in [0.3, 0.4) is 0 Å². The molecule has 2 aromatic carbocycles. The van der Waals surface area contributed by atoms with E-state index in [4.69, 9.17) is 4.98 Å². The molecule has 3 aromatic rings. The number of aromatic nitrogens is 1. The standard InChI is InChI=1S/C17H18N2S/c1-11(2)16-12(3)20-17(19-16)18-15-10-6-8-13-7-4-5-9-14(13)15/h4-11H,1-3H3,(H,18,19). The van der Waals surface area contributed by atoms with E-state index in [1.807, 2.05) is 0 Å². The van der Waals surface area contributed by atoms with Crippen LogP contribution in [0.5, 0.6) is 0 Å². The van der Waals surface area contributed by atoms with Gasteiger partial charge in [0, 0.05) is 16.0 Å². The van der Waals surface area contributed by atoms with Gasteiger partial charge in [0.25, 0.3) is 0 Å². The molecule has 0 spiro atoms. The Morgan fingerprint density at radius 2 is 1.80 bits per heavy atom. The normalized spacial score (nSPS) is 11.2. The Kier molecular flexibility index (Phi) is 3.45. The number of fused-ring (bicyclic) bond motifs is 1. The fraction of sp³-hybridized carbons (Fsp3) is 0.235. The van der Waals surface area contributed by atoms with Gasteiger partial charge in [0.15, 0.2) is 5.13 Å². The molecule has 0 radical (unpaired) electrons. The largest absolute Gasteiger partial charge is 0.331 e. The molecule has 0 unspecified atom stereocenters. The number of rotatable bonds is 3. The summed E-state index contributed by atoms with van der Waals surface area (Å²) in [4.78, 5) is 6.01. The Hall–Kier alpha value is -1.87. The zero-order chi connectivity index (χ0) is 14.1. The molecule has 3 heteroatoms. The van der Waals surface area contributed by atoms with Gasteiger partial charge in [-0.05, 0) is 24.3 Å². The highest BCUT2D eigenvalue weighted by Gasteiger charge is 2.11. The molecule has 1 heterocycles. The number of hydrogen-bond acceptors (Lipinski definition) is 3. The summed E-state index contributed by atoms with van der Waals surface area (Å²) in [6.45, 7) is 6.51. The third-order valence-electron chi connectivity index (χ3n) is 3.41.